The van der Waals surface area contributed by atoms with E-state index >= 15 is 0 Å². The highest BCUT2D eigenvalue weighted by molar-refractivity contribution is 7.93. The number of ether oxygens (including phenoxy) is 1. The largest absolute Gasteiger partial charge is 0.444 e. The molecule has 3 rings (SSSR count). The smallest absolute Gasteiger partial charge is 0.410 e. The van der Waals surface area contributed by atoms with Crippen LogP contribution in [-0.2, 0) is 21.3 Å². The molecule has 170 valence electrons. The van der Waals surface area contributed by atoms with Crippen LogP contribution in [0.15, 0.2) is 30.3 Å². The van der Waals surface area contributed by atoms with Crippen LogP contribution in [0.5, 0.6) is 0 Å². The van der Waals surface area contributed by atoms with Crippen LogP contribution in [0.3, 0.4) is 0 Å². The number of hydrogen-bond acceptors (Lipinski definition) is 6. The van der Waals surface area contributed by atoms with Crippen LogP contribution in [0.1, 0.15) is 39.3 Å². The quantitative estimate of drug-likeness (QED) is 0.753. The summed E-state index contributed by atoms with van der Waals surface area (Å²) < 4.78 is 34.3. The van der Waals surface area contributed by atoms with Crippen molar-refractivity contribution in [2.45, 2.75) is 51.0 Å². The van der Waals surface area contributed by atoms with Crippen molar-refractivity contribution in [2.24, 2.45) is 0 Å². The molecule has 1 fully saturated rings. The number of sulfonamides is 1. The lowest BCUT2D eigenvalue weighted by atomic mass is 10.1. The van der Waals surface area contributed by atoms with E-state index in [1.165, 1.54) is 0 Å². The van der Waals surface area contributed by atoms with E-state index in [4.69, 9.17) is 4.74 Å². The summed E-state index contributed by atoms with van der Waals surface area (Å²) in [6.45, 7) is 6.80. The fourth-order valence-electron chi connectivity index (χ4n) is 3.59. The second-order valence-corrected chi connectivity index (χ2v) is 11.2. The zero-order valence-corrected chi connectivity index (χ0v) is 19.7. The van der Waals surface area contributed by atoms with Gasteiger partial charge in [-0.1, -0.05) is 18.2 Å². The predicted octanol–water partition coefficient (Wildman–Crippen LogP) is 3.44. The lowest BCUT2D eigenvalue weighted by molar-refractivity contribution is 0.0217. The Hall–Kier alpha value is -2.39. The number of fused-ring (bicyclic) bond motifs is 1. The van der Waals surface area contributed by atoms with Crippen molar-refractivity contribution in [1.29, 1.82) is 0 Å². The van der Waals surface area contributed by atoms with Crippen LogP contribution < -0.4 is 4.72 Å². The van der Waals surface area contributed by atoms with Gasteiger partial charge < -0.3 is 14.5 Å². The number of nitrogens with one attached hydrogen (secondary N) is 1. The first-order chi connectivity index (χ1) is 14.4. The SMILES string of the molecule is CN(C)Cc1ccc2cccc(NS(=O)(=O)C3CCN(C(=O)OC(C)(C)C)CC3)c2n1. The maximum atomic E-state index is 13.1. The third-order valence-electron chi connectivity index (χ3n) is 5.04. The highest BCUT2D eigenvalue weighted by Crippen LogP contribution is 2.26. The zero-order chi connectivity index (χ0) is 22.8. The van der Waals surface area contributed by atoms with Gasteiger partial charge in [0.1, 0.15) is 5.60 Å². The summed E-state index contributed by atoms with van der Waals surface area (Å²) in [7, 11) is 0.298. The Morgan fingerprint density at radius 2 is 1.87 bits per heavy atom. The van der Waals surface area contributed by atoms with Gasteiger partial charge in [0, 0.05) is 25.0 Å². The molecule has 8 nitrogen and oxygen atoms in total. The van der Waals surface area contributed by atoms with Gasteiger partial charge in [-0.2, -0.15) is 0 Å². The second-order valence-electron chi connectivity index (χ2n) is 9.23. The maximum Gasteiger partial charge on any atom is 0.410 e. The van der Waals surface area contributed by atoms with Crippen molar-refractivity contribution in [3.8, 4) is 0 Å². The molecule has 1 amide bonds. The lowest BCUT2D eigenvalue weighted by Gasteiger charge is -2.33. The number of para-hydroxylation sites is 1. The molecule has 1 aromatic heterocycles. The Morgan fingerprint density at radius 1 is 1.19 bits per heavy atom. The van der Waals surface area contributed by atoms with Gasteiger partial charge in [0.25, 0.3) is 0 Å². The summed E-state index contributed by atoms with van der Waals surface area (Å²) in [5.74, 6) is 0. The molecule has 1 aromatic carbocycles. The lowest BCUT2D eigenvalue weighted by Crippen LogP contribution is -2.45. The minimum absolute atomic E-state index is 0.348. The van der Waals surface area contributed by atoms with E-state index in [0.29, 0.717) is 43.7 Å². The van der Waals surface area contributed by atoms with Crippen LogP contribution in [0, 0.1) is 0 Å². The number of aromatic nitrogens is 1. The molecule has 31 heavy (non-hydrogen) atoms. The Bertz CT molecular complexity index is 1040. The first kappa shape index (κ1) is 23.3. The normalized spacial score (nSPS) is 16.0. The number of anilines is 1. The molecular weight excluding hydrogens is 416 g/mol. The molecule has 0 saturated carbocycles. The van der Waals surface area contributed by atoms with Crippen molar-refractivity contribution in [2.75, 3.05) is 31.9 Å². The Labute approximate surface area is 184 Å². The van der Waals surface area contributed by atoms with Crippen LogP contribution in [0.25, 0.3) is 10.9 Å². The molecule has 0 spiro atoms. The Balaban J connectivity index is 1.73. The summed E-state index contributed by atoms with van der Waals surface area (Å²) in [5.41, 5.74) is 1.41. The van der Waals surface area contributed by atoms with Crippen LogP contribution in [0.4, 0.5) is 10.5 Å². The average Bonchev–Trinajstić information content (AvgIpc) is 2.66. The molecule has 0 bridgehead atoms. The van der Waals surface area contributed by atoms with E-state index in [1.807, 2.05) is 64.0 Å². The fourth-order valence-corrected chi connectivity index (χ4v) is 5.06. The fraction of sp³-hybridized carbons (Fsp3) is 0.545. The van der Waals surface area contributed by atoms with Crippen LogP contribution in [-0.4, -0.2) is 67.3 Å². The molecule has 0 radical (unpaired) electrons. The molecule has 1 aliphatic rings. The Morgan fingerprint density at radius 3 is 2.48 bits per heavy atom. The molecule has 1 saturated heterocycles. The zero-order valence-electron chi connectivity index (χ0n) is 18.9. The first-order valence-electron chi connectivity index (χ1n) is 10.5. The van der Waals surface area contributed by atoms with Crippen LogP contribution >= 0.6 is 0 Å². The Kier molecular flexibility index (Phi) is 6.76. The number of hydrogen-bond donors (Lipinski definition) is 1. The minimum atomic E-state index is -3.63. The minimum Gasteiger partial charge on any atom is -0.444 e. The number of amides is 1. The number of nitrogens with zero attached hydrogens (tertiary/aromatic N) is 3. The van der Waals surface area contributed by atoms with E-state index in [-0.39, 0.29) is 0 Å². The topological polar surface area (TPSA) is 91.8 Å². The molecule has 0 atom stereocenters. The summed E-state index contributed by atoms with van der Waals surface area (Å²) in [5, 5.41) is 0.300. The van der Waals surface area contributed by atoms with Crippen molar-refractivity contribution in [1.82, 2.24) is 14.8 Å². The van der Waals surface area contributed by atoms with Gasteiger partial charge in [0.05, 0.1) is 22.1 Å². The van der Waals surface area contributed by atoms with Gasteiger partial charge >= 0.3 is 6.09 Å². The number of carbonyl (C=O) groups is 1. The molecule has 9 heteroatoms. The highest BCUT2D eigenvalue weighted by Gasteiger charge is 2.33. The van der Waals surface area contributed by atoms with Gasteiger partial charge in [-0.05, 0) is 59.8 Å². The molecule has 2 heterocycles. The molecule has 1 aliphatic heterocycles. The third-order valence-corrected chi connectivity index (χ3v) is 6.89. The monoisotopic (exact) mass is 448 g/mol. The standard InChI is InChI=1S/C22H32N4O4S/c1-22(2,3)30-21(27)26-13-11-18(12-14-26)31(28,29)24-19-8-6-7-16-9-10-17(15-25(4)5)23-20(16)19/h6-10,18,24H,11-15H2,1-5H3. The van der Waals surface area contributed by atoms with E-state index in [2.05, 4.69) is 9.71 Å². The van der Waals surface area contributed by atoms with Crippen LogP contribution in [0.2, 0.25) is 0 Å². The van der Waals surface area contributed by atoms with Gasteiger partial charge in [0.2, 0.25) is 10.0 Å². The van der Waals surface area contributed by atoms with E-state index in [1.54, 1.807) is 11.0 Å². The number of likely N-dealkylation sites (tertiary alicyclic amines) is 1. The number of pyridine rings is 1. The van der Waals surface area contributed by atoms with Gasteiger partial charge in [-0.15, -0.1) is 0 Å². The molecular formula is C22H32N4O4S. The van der Waals surface area contributed by atoms with Gasteiger partial charge in [0.15, 0.2) is 0 Å². The summed E-state index contributed by atoms with van der Waals surface area (Å²) >= 11 is 0. The summed E-state index contributed by atoms with van der Waals surface area (Å²) in [4.78, 5) is 20.5. The number of carbonyl (C=O) groups excluding carboxylic acids is 1. The van der Waals surface area contributed by atoms with Crippen molar-refractivity contribution < 1.29 is 17.9 Å². The third kappa shape index (κ3) is 6.07. The second kappa shape index (κ2) is 9.00. The predicted molar refractivity (Wildman–Crippen MR) is 123 cm³/mol. The van der Waals surface area contributed by atoms with Crippen molar-refractivity contribution in [3.05, 3.63) is 36.0 Å². The molecule has 1 N–H and O–H groups in total. The van der Waals surface area contributed by atoms with E-state index in [0.717, 1.165) is 11.1 Å². The van der Waals surface area contributed by atoms with Gasteiger partial charge in [-0.25, -0.2) is 18.2 Å². The highest BCUT2D eigenvalue weighted by atomic mass is 32.2. The van der Waals surface area contributed by atoms with E-state index in [9.17, 15) is 13.2 Å². The summed E-state index contributed by atoms with van der Waals surface area (Å²) in [6.07, 6.45) is 0.320. The van der Waals surface area contributed by atoms with Crippen molar-refractivity contribution in [3.63, 3.8) is 0 Å². The van der Waals surface area contributed by atoms with Crippen molar-refractivity contribution >= 4 is 32.7 Å². The molecule has 0 unspecified atom stereocenters. The van der Waals surface area contributed by atoms with E-state index < -0.39 is 27.0 Å². The molecule has 2 aromatic rings. The summed E-state index contributed by atoms with van der Waals surface area (Å²) in [6, 6.07) is 9.38. The number of rotatable bonds is 5. The average molecular weight is 449 g/mol. The number of benzene rings is 1. The number of piperidine rings is 1. The van der Waals surface area contributed by atoms with Gasteiger partial charge in [-0.3, -0.25) is 4.72 Å². The first-order valence-corrected chi connectivity index (χ1v) is 12.0. The molecule has 0 aliphatic carbocycles. The maximum absolute atomic E-state index is 13.1.